The van der Waals surface area contributed by atoms with Crippen LogP contribution < -0.4 is 15.4 Å². The third-order valence-corrected chi connectivity index (χ3v) is 7.58. The number of alkyl carbamates (subject to hydrolysis) is 1. The van der Waals surface area contributed by atoms with Gasteiger partial charge in [-0.2, -0.15) is 0 Å². The summed E-state index contributed by atoms with van der Waals surface area (Å²) in [5, 5.41) is 27.9. The Labute approximate surface area is 249 Å². The van der Waals surface area contributed by atoms with Gasteiger partial charge in [0.1, 0.15) is 18.0 Å². The van der Waals surface area contributed by atoms with Crippen LogP contribution in [0.1, 0.15) is 58.1 Å². The molecule has 0 bridgehead atoms. The molecule has 0 aliphatic heterocycles. The number of hydrogen-bond donors (Lipinski definition) is 4. The van der Waals surface area contributed by atoms with E-state index in [9.17, 15) is 19.8 Å². The van der Waals surface area contributed by atoms with Crippen molar-refractivity contribution in [2.45, 2.75) is 89.7 Å². The minimum atomic E-state index is -1.05. The maximum Gasteiger partial charge on any atom is 0.407 e. The first-order chi connectivity index (χ1) is 19.9. The highest BCUT2D eigenvalue weighted by atomic mass is 16.6. The lowest BCUT2D eigenvalue weighted by atomic mass is 9.88. The van der Waals surface area contributed by atoms with E-state index >= 15 is 0 Å². The van der Waals surface area contributed by atoms with Crippen LogP contribution in [0.4, 0.5) is 4.79 Å². The van der Waals surface area contributed by atoms with E-state index in [-0.39, 0.29) is 24.3 Å². The van der Waals surface area contributed by atoms with E-state index in [0.717, 1.165) is 17.5 Å². The third-order valence-electron chi connectivity index (χ3n) is 7.58. The normalized spacial score (nSPS) is 20.8. The van der Waals surface area contributed by atoms with Crippen LogP contribution in [0.2, 0.25) is 0 Å². The highest BCUT2D eigenvalue weighted by Gasteiger charge is 2.36. The Morgan fingerprint density at radius 3 is 2.24 bits per heavy atom. The molecule has 0 spiro atoms. The molecular formula is C33H48N2O7. The summed E-state index contributed by atoms with van der Waals surface area (Å²) in [4.78, 5) is 26.4. The van der Waals surface area contributed by atoms with Crippen LogP contribution in [0.5, 0.6) is 5.75 Å². The van der Waals surface area contributed by atoms with Crippen molar-refractivity contribution in [3.05, 3.63) is 65.7 Å². The van der Waals surface area contributed by atoms with E-state index < -0.39 is 35.9 Å². The lowest BCUT2D eigenvalue weighted by molar-refractivity contribution is -0.127. The van der Waals surface area contributed by atoms with Crippen molar-refractivity contribution in [2.24, 2.45) is 11.8 Å². The zero-order chi connectivity index (χ0) is 30.7. The van der Waals surface area contributed by atoms with Gasteiger partial charge in [0.15, 0.2) is 0 Å². The van der Waals surface area contributed by atoms with Gasteiger partial charge >= 0.3 is 6.09 Å². The molecule has 0 saturated heterocycles. The van der Waals surface area contributed by atoms with E-state index in [2.05, 4.69) is 10.6 Å². The number of benzene rings is 2. The van der Waals surface area contributed by atoms with Crippen molar-refractivity contribution >= 4 is 12.0 Å². The van der Waals surface area contributed by atoms with E-state index in [0.29, 0.717) is 38.2 Å². The molecule has 1 saturated carbocycles. The molecule has 4 N–H and O–H groups in total. The van der Waals surface area contributed by atoms with Crippen molar-refractivity contribution in [3.8, 4) is 5.75 Å². The fourth-order valence-electron chi connectivity index (χ4n) is 5.29. The zero-order valence-corrected chi connectivity index (χ0v) is 25.5. The van der Waals surface area contributed by atoms with Gasteiger partial charge < -0.3 is 35.1 Å². The monoisotopic (exact) mass is 584 g/mol. The lowest BCUT2D eigenvalue weighted by Crippen LogP contribution is -2.50. The number of aliphatic hydroxyl groups excluding tert-OH is 2. The summed E-state index contributed by atoms with van der Waals surface area (Å²) in [7, 11) is 1.62. The van der Waals surface area contributed by atoms with Crippen LogP contribution in [0.3, 0.4) is 0 Å². The van der Waals surface area contributed by atoms with Gasteiger partial charge in [-0.3, -0.25) is 4.79 Å². The molecule has 0 radical (unpaired) electrons. The highest BCUT2D eigenvalue weighted by Crippen LogP contribution is 2.27. The number of methoxy groups -OCH3 is 1. The largest absolute Gasteiger partial charge is 0.491 e. The van der Waals surface area contributed by atoms with Crippen LogP contribution in [0.25, 0.3) is 0 Å². The number of hydrogen-bond acceptors (Lipinski definition) is 7. The molecule has 1 fully saturated rings. The molecule has 6 unspecified atom stereocenters. The van der Waals surface area contributed by atoms with Crippen molar-refractivity contribution in [1.82, 2.24) is 10.6 Å². The minimum Gasteiger partial charge on any atom is -0.491 e. The zero-order valence-electron chi connectivity index (χ0n) is 25.5. The summed E-state index contributed by atoms with van der Waals surface area (Å²) in [6.45, 7) is 8.27. The van der Waals surface area contributed by atoms with E-state index in [4.69, 9.17) is 14.2 Å². The molecule has 9 nitrogen and oxygen atoms in total. The smallest absolute Gasteiger partial charge is 0.407 e. The molecule has 0 heterocycles. The van der Waals surface area contributed by atoms with Gasteiger partial charge in [0.25, 0.3) is 0 Å². The second-order valence-corrected chi connectivity index (χ2v) is 12.3. The number of amides is 2. The fraction of sp³-hybridized carbons (Fsp3) is 0.576. The Bertz CT molecular complexity index is 1090. The molecule has 0 aromatic heterocycles. The first-order valence-electron chi connectivity index (χ1n) is 14.9. The summed E-state index contributed by atoms with van der Waals surface area (Å²) < 4.78 is 16.2. The van der Waals surface area contributed by atoms with Crippen LogP contribution in [0, 0.1) is 11.8 Å². The first kappa shape index (κ1) is 33.4. The molecule has 2 aromatic carbocycles. The molecule has 1 aliphatic carbocycles. The van der Waals surface area contributed by atoms with Crippen molar-refractivity contribution in [3.63, 3.8) is 0 Å². The van der Waals surface area contributed by atoms with Crippen LogP contribution in [-0.2, 0) is 27.1 Å². The first-order valence-corrected chi connectivity index (χ1v) is 14.9. The summed E-state index contributed by atoms with van der Waals surface area (Å²) in [5.41, 5.74) is 1.14. The van der Waals surface area contributed by atoms with Gasteiger partial charge in [-0.15, -0.1) is 0 Å². The van der Waals surface area contributed by atoms with E-state index in [1.54, 1.807) is 27.9 Å². The second-order valence-electron chi connectivity index (χ2n) is 12.3. The van der Waals surface area contributed by atoms with Crippen molar-refractivity contribution in [1.29, 1.82) is 0 Å². The highest BCUT2D eigenvalue weighted by molar-refractivity contribution is 5.79. The van der Waals surface area contributed by atoms with Gasteiger partial charge in [0, 0.05) is 13.0 Å². The molecule has 1 aliphatic rings. The summed E-state index contributed by atoms with van der Waals surface area (Å²) in [6.07, 6.45) is 0.0303. The average Bonchev–Trinajstić information content (AvgIpc) is 3.25. The third kappa shape index (κ3) is 10.9. The number of ether oxygens (including phenoxy) is 3. The topological polar surface area (TPSA) is 126 Å². The Kier molecular flexibility index (Phi) is 12.6. The molecule has 9 heteroatoms. The lowest BCUT2D eigenvalue weighted by Gasteiger charge is -2.30. The minimum absolute atomic E-state index is 0.0996. The van der Waals surface area contributed by atoms with E-state index in [1.807, 2.05) is 61.5 Å². The van der Waals surface area contributed by atoms with Crippen LogP contribution in [-0.4, -0.2) is 72.4 Å². The number of carbonyl (C=O) groups excluding carboxylic acids is 2. The summed E-state index contributed by atoms with van der Waals surface area (Å²) in [5.74, 6) is 0.00362. The molecule has 3 rings (SSSR count). The van der Waals surface area contributed by atoms with Gasteiger partial charge in [0.2, 0.25) is 5.91 Å². The van der Waals surface area contributed by atoms with Crippen LogP contribution in [0.15, 0.2) is 54.6 Å². The number of nitrogens with one attached hydrogen (secondary N) is 2. The Morgan fingerprint density at radius 1 is 0.976 bits per heavy atom. The van der Waals surface area contributed by atoms with Crippen molar-refractivity contribution in [2.75, 3.05) is 20.3 Å². The van der Waals surface area contributed by atoms with Crippen LogP contribution >= 0.6 is 0 Å². The molecule has 2 amide bonds. The van der Waals surface area contributed by atoms with Gasteiger partial charge in [-0.05, 0) is 82.1 Å². The fourth-order valence-corrected chi connectivity index (χ4v) is 5.29. The van der Waals surface area contributed by atoms with Gasteiger partial charge in [-0.1, -0.05) is 49.4 Å². The second kappa shape index (κ2) is 15.9. The van der Waals surface area contributed by atoms with Crippen molar-refractivity contribution < 1.29 is 34.0 Å². The Balaban J connectivity index is 1.80. The number of rotatable bonds is 14. The number of carbonyl (C=O) groups is 2. The Hall–Kier alpha value is -3.14. The van der Waals surface area contributed by atoms with Gasteiger partial charge in [-0.25, -0.2) is 4.79 Å². The number of aliphatic hydroxyl groups is 2. The average molecular weight is 585 g/mol. The molecule has 42 heavy (non-hydrogen) atoms. The standard InChI is InChI=1S/C33H48N2O7/c1-22-11-16-28(36)30(22)35-31(38)25(19-24-12-14-26(15-13-24)41-18-17-40-5)21-29(37)27(20-23-9-7-6-8-10-23)34-32(39)42-33(2,3)4/h6-10,12-15,22,25,27-30,36-37H,11,16-21H2,1-5H3,(H,34,39)(H,35,38). The predicted octanol–water partition coefficient (Wildman–Crippen LogP) is 4.03. The predicted molar refractivity (Wildman–Crippen MR) is 161 cm³/mol. The Morgan fingerprint density at radius 2 is 1.64 bits per heavy atom. The van der Waals surface area contributed by atoms with E-state index in [1.165, 1.54) is 0 Å². The maximum absolute atomic E-state index is 13.7. The van der Waals surface area contributed by atoms with Gasteiger partial charge in [0.05, 0.1) is 30.9 Å². The molecule has 6 atom stereocenters. The molecule has 232 valence electrons. The molecule has 2 aromatic rings. The molecular weight excluding hydrogens is 536 g/mol. The summed E-state index contributed by atoms with van der Waals surface area (Å²) >= 11 is 0. The maximum atomic E-state index is 13.7. The quantitative estimate of drug-likeness (QED) is 0.247. The summed E-state index contributed by atoms with van der Waals surface area (Å²) in [6, 6.07) is 16.0. The SMILES string of the molecule is COCCOc1ccc(CC(CC(O)C(Cc2ccccc2)NC(=O)OC(C)(C)C)C(=O)NC2C(C)CCC2O)cc1.